The highest BCUT2D eigenvalue weighted by Gasteiger charge is 2.55. The predicted molar refractivity (Wildman–Crippen MR) is 64.1 cm³/mol. The molecule has 0 aromatic carbocycles. The van der Waals surface area contributed by atoms with E-state index in [1.807, 2.05) is 19.0 Å². The number of carboxylic acid groups (broad SMARTS) is 1. The number of likely N-dealkylation sites (N-methyl/N-ethyl adjacent to an activating group) is 1. The zero-order valence-electron chi connectivity index (χ0n) is 10.8. The Kier molecular flexibility index (Phi) is 3.87. The molecule has 2 unspecified atom stereocenters. The number of fused-ring (bicyclic) bond motifs is 2. The van der Waals surface area contributed by atoms with Crippen LogP contribution in [0, 0.1) is 11.8 Å². The monoisotopic (exact) mass is 256 g/mol. The number of hydrogen-bond acceptors (Lipinski definition) is 4. The predicted octanol–water partition coefficient (Wildman–Crippen LogP) is -0.458. The van der Waals surface area contributed by atoms with Crippen molar-refractivity contribution in [3.63, 3.8) is 0 Å². The van der Waals surface area contributed by atoms with Crippen LogP contribution in [0.15, 0.2) is 0 Å². The van der Waals surface area contributed by atoms with Gasteiger partial charge in [-0.3, -0.25) is 9.59 Å². The first-order valence-electron chi connectivity index (χ1n) is 6.31. The van der Waals surface area contributed by atoms with Gasteiger partial charge in [-0.05, 0) is 26.9 Å². The molecular weight excluding hydrogens is 236 g/mol. The number of nitrogens with zero attached hydrogens (tertiary/aromatic N) is 1. The molecule has 0 saturated carbocycles. The van der Waals surface area contributed by atoms with E-state index in [0.717, 1.165) is 19.4 Å². The van der Waals surface area contributed by atoms with Gasteiger partial charge in [0.15, 0.2) is 0 Å². The van der Waals surface area contributed by atoms with Crippen LogP contribution in [0.1, 0.15) is 12.8 Å². The number of amides is 1. The Bertz CT molecular complexity index is 345. The molecule has 2 heterocycles. The topological polar surface area (TPSA) is 78.9 Å². The van der Waals surface area contributed by atoms with Gasteiger partial charge in [0.05, 0.1) is 24.0 Å². The maximum Gasteiger partial charge on any atom is 0.310 e. The number of carboxylic acids is 1. The lowest BCUT2D eigenvalue weighted by atomic mass is 9.79. The average molecular weight is 256 g/mol. The summed E-state index contributed by atoms with van der Waals surface area (Å²) in [4.78, 5) is 25.2. The van der Waals surface area contributed by atoms with Gasteiger partial charge in [-0.15, -0.1) is 0 Å². The quantitative estimate of drug-likeness (QED) is 0.696. The van der Waals surface area contributed by atoms with Crippen molar-refractivity contribution in [1.82, 2.24) is 10.2 Å². The van der Waals surface area contributed by atoms with Crippen molar-refractivity contribution in [2.75, 3.05) is 27.2 Å². The number of carbonyl (C=O) groups excluding carboxylic acids is 1. The molecule has 2 saturated heterocycles. The molecular formula is C12H20N2O4. The minimum Gasteiger partial charge on any atom is -0.481 e. The van der Waals surface area contributed by atoms with Crippen molar-refractivity contribution >= 4 is 11.9 Å². The summed E-state index contributed by atoms with van der Waals surface area (Å²) in [7, 11) is 3.85. The van der Waals surface area contributed by atoms with Gasteiger partial charge in [0.1, 0.15) is 0 Å². The van der Waals surface area contributed by atoms with Crippen molar-refractivity contribution in [3.8, 4) is 0 Å². The maximum absolute atomic E-state index is 12.1. The van der Waals surface area contributed by atoms with E-state index < -0.39 is 17.8 Å². The van der Waals surface area contributed by atoms with Crippen LogP contribution in [0.5, 0.6) is 0 Å². The lowest BCUT2D eigenvalue weighted by Gasteiger charge is -2.24. The number of ether oxygens (including phenoxy) is 1. The maximum atomic E-state index is 12.1. The van der Waals surface area contributed by atoms with Crippen LogP contribution in [0.3, 0.4) is 0 Å². The second kappa shape index (κ2) is 5.24. The van der Waals surface area contributed by atoms with Crippen molar-refractivity contribution in [2.45, 2.75) is 25.0 Å². The van der Waals surface area contributed by atoms with Gasteiger partial charge in [-0.2, -0.15) is 0 Å². The summed E-state index contributed by atoms with van der Waals surface area (Å²) in [5, 5.41) is 12.0. The van der Waals surface area contributed by atoms with Crippen molar-refractivity contribution < 1.29 is 19.4 Å². The first kappa shape index (κ1) is 13.3. The molecule has 4 atom stereocenters. The Labute approximate surface area is 106 Å². The standard InChI is InChI=1S/C12H20N2O4/c1-14(2)6-5-13-11(15)9-7-3-4-8(18-7)10(9)12(16)17/h7-10H,3-6H2,1-2H3,(H,13,15)(H,16,17)/t7-,8+,9?,10?/m1/s1. The number of aliphatic carboxylic acids is 1. The smallest absolute Gasteiger partial charge is 0.310 e. The summed E-state index contributed by atoms with van der Waals surface area (Å²) in [6.07, 6.45) is 1.05. The Morgan fingerprint density at radius 1 is 1.28 bits per heavy atom. The van der Waals surface area contributed by atoms with E-state index in [4.69, 9.17) is 4.74 Å². The van der Waals surface area contributed by atoms with Crippen molar-refractivity contribution in [2.24, 2.45) is 11.8 Å². The lowest BCUT2D eigenvalue weighted by Crippen LogP contribution is -2.45. The first-order chi connectivity index (χ1) is 8.50. The van der Waals surface area contributed by atoms with Crippen LogP contribution >= 0.6 is 0 Å². The van der Waals surface area contributed by atoms with Crippen LogP contribution in [-0.4, -0.2) is 61.3 Å². The van der Waals surface area contributed by atoms with E-state index in [-0.39, 0.29) is 18.1 Å². The Morgan fingerprint density at radius 3 is 2.44 bits per heavy atom. The van der Waals surface area contributed by atoms with E-state index in [0.29, 0.717) is 6.54 Å². The Morgan fingerprint density at radius 2 is 1.89 bits per heavy atom. The SMILES string of the molecule is CN(C)CCNC(=O)C1C(C(=O)O)[C@@H]2CC[C@H]1O2. The van der Waals surface area contributed by atoms with Crippen molar-refractivity contribution in [3.05, 3.63) is 0 Å². The lowest BCUT2D eigenvalue weighted by molar-refractivity contribution is -0.147. The molecule has 2 N–H and O–H groups in total. The number of rotatable bonds is 5. The van der Waals surface area contributed by atoms with Gasteiger partial charge < -0.3 is 20.1 Å². The molecule has 0 aromatic heterocycles. The van der Waals surface area contributed by atoms with Gasteiger partial charge in [0, 0.05) is 13.1 Å². The number of nitrogens with one attached hydrogen (secondary N) is 1. The fourth-order valence-electron chi connectivity index (χ4n) is 2.85. The van der Waals surface area contributed by atoms with Crippen LogP contribution < -0.4 is 5.32 Å². The second-order valence-electron chi connectivity index (χ2n) is 5.27. The third kappa shape index (κ3) is 2.49. The molecule has 2 fully saturated rings. The molecule has 0 spiro atoms. The largest absolute Gasteiger partial charge is 0.481 e. The molecule has 2 bridgehead atoms. The van der Waals surface area contributed by atoms with E-state index in [2.05, 4.69) is 5.32 Å². The minimum atomic E-state index is -0.921. The molecule has 6 nitrogen and oxygen atoms in total. The Hall–Kier alpha value is -1.14. The molecule has 2 rings (SSSR count). The first-order valence-corrected chi connectivity index (χ1v) is 6.31. The normalized spacial score (nSPS) is 33.9. The number of hydrogen-bond donors (Lipinski definition) is 2. The summed E-state index contributed by atoms with van der Waals surface area (Å²) in [6, 6.07) is 0. The fourth-order valence-corrected chi connectivity index (χ4v) is 2.85. The van der Waals surface area contributed by atoms with E-state index >= 15 is 0 Å². The highest BCUT2D eigenvalue weighted by atomic mass is 16.5. The second-order valence-corrected chi connectivity index (χ2v) is 5.27. The molecule has 2 aliphatic heterocycles. The Balaban J connectivity index is 1.94. The molecule has 102 valence electrons. The van der Waals surface area contributed by atoms with E-state index in [1.165, 1.54) is 0 Å². The molecule has 18 heavy (non-hydrogen) atoms. The van der Waals surface area contributed by atoms with Gasteiger partial charge in [-0.25, -0.2) is 0 Å². The third-order valence-electron chi connectivity index (χ3n) is 3.72. The summed E-state index contributed by atoms with van der Waals surface area (Å²) < 4.78 is 5.56. The highest BCUT2D eigenvalue weighted by Crippen LogP contribution is 2.43. The number of carbonyl (C=O) groups is 2. The van der Waals surface area contributed by atoms with Gasteiger partial charge >= 0.3 is 5.97 Å². The summed E-state index contributed by atoms with van der Waals surface area (Å²) in [5.74, 6) is -2.31. The van der Waals surface area contributed by atoms with Crippen LogP contribution in [0.2, 0.25) is 0 Å². The van der Waals surface area contributed by atoms with Crippen LogP contribution in [0.25, 0.3) is 0 Å². The molecule has 2 aliphatic rings. The van der Waals surface area contributed by atoms with Gasteiger partial charge in [0.2, 0.25) is 5.91 Å². The van der Waals surface area contributed by atoms with Crippen LogP contribution in [0.4, 0.5) is 0 Å². The summed E-state index contributed by atoms with van der Waals surface area (Å²) in [5.41, 5.74) is 0. The van der Waals surface area contributed by atoms with Gasteiger partial charge in [0.25, 0.3) is 0 Å². The third-order valence-corrected chi connectivity index (χ3v) is 3.72. The zero-order valence-corrected chi connectivity index (χ0v) is 10.8. The summed E-state index contributed by atoms with van der Waals surface area (Å²) >= 11 is 0. The van der Waals surface area contributed by atoms with E-state index in [1.54, 1.807) is 0 Å². The summed E-state index contributed by atoms with van der Waals surface area (Å²) in [6.45, 7) is 1.28. The average Bonchev–Trinajstić information content (AvgIpc) is 2.87. The molecule has 0 radical (unpaired) electrons. The van der Waals surface area contributed by atoms with E-state index in [9.17, 15) is 14.7 Å². The molecule has 6 heteroatoms. The minimum absolute atomic E-state index is 0.184. The fraction of sp³-hybridized carbons (Fsp3) is 0.833. The molecule has 0 aromatic rings. The van der Waals surface area contributed by atoms with Crippen LogP contribution in [-0.2, 0) is 14.3 Å². The van der Waals surface area contributed by atoms with Gasteiger partial charge in [-0.1, -0.05) is 0 Å². The molecule has 1 amide bonds. The van der Waals surface area contributed by atoms with Crippen molar-refractivity contribution in [1.29, 1.82) is 0 Å². The molecule has 0 aliphatic carbocycles. The highest BCUT2D eigenvalue weighted by molar-refractivity contribution is 5.86. The zero-order chi connectivity index (χ0) is 13.3.